The van der Waals surface area contributed by atoms with Crippen LogP contribution in [0.3, 0.4) is 0 Å². The van der Waals surface area contributed by atoms with E-state index in [4.69, 9.17) is 9.47 Å². The summed E-state index contributed by atoms with van der Waals surface area (Å²) in [5.74, 6) is 2.75. The first-order valence-corrected chi connectivity index (χ1v) is 8.25. The molecule has 1 N–H and O–H groups in total. The van der Waals surface area contributed by atoms with Crippen molar-refractivity contribution >= 4 is 5.91 Å². The molecular weight excluding hydrogens is 306 g/mol. The lowest BCUT2D eigenvalue weighted by Crippen LogP contribution is -2.33. The smallest absolute Gasteiger partial charge is 0.242 e. The van der Waals surface area contributed by atoms with Gasteiger partial charge in [0.15, 0.2) is 11.5 Å². The highest BCUT2D eigenvalue weighted by Gasteiger charge is 2.19. The first kappa shape index (κ1) is 16.4. The van der Waals surface area contributed by atoms with E-state index in [-0.39, 0.29) is 24.7 Å². The molecule has 24 heavy (non-hydrogen) atoms. The predicted molar refractivity (Wildman–Crippen MR) is 90.3 cm³/mol. The lowest BCUT2D eigenvalue weighted by Gasteiger charge is -2.17. The van der Waals surface area contributed by atoms with Gasteiger partial charge in [-0.2, -0.15) is 0 Å². The molecule has 0 saturated heterocycles. The van der Waals surface area contributed by atoms with E-state index in [9.17, 15) is 4.79 Å². The summed E-state index contributed by atoms with van der Waals surface area (Å²) in [6.07, 6.45) is 4.35. The van der Waals surface area contributed by atoms with Gasteiger partial charge in [-0.3, -0.25) is 4.79 Å². The largest absolute Gasteiger partial charge is 0.454 e. The van der Waals surface area contributed by atoms with Gasteiger partial charge >= 0.3 is 0 Å². The van der Waals surface area contributed by atoms with Gasteiger partial charge in [0.25, 0.3) is 0 Å². The Hall–Kier alpha value is -2.50. The number of ether oxygens (including phenoxy) is 2. The second kappa shape index (κ2) is 6.95. The summed E-state index contributed by atoms with van der Waals surface area (Å²) in [6, 6.07) is 5.59. The lowest BCUT2D eigenvalue weighted by atomic mass is 10.1. The maximum Gasteiger partial charge on any atom is 0.242 e. The highest BCUT2D eigenvalue weighted by atomic mass is 16.7. The number of amides is 1. The Kier molecular flexibility index (Phi) is 4.74. The van der Waals surface area contributed by atoms with Gasteiger partial charge < -0.3 is 19.4 Å². The third-order valence-electron chi connectivity index (χ3n) is 4.16. The quantitative estimate of drug-likeness (QED) is 0.885. The molecule has 3 rings (SSSR count). The molecule has 0 radical (unpaired) electrons. The zero-order valence-corrected chi connectivity index (χ0v) is 14.3. The number of nitrogens with one attached hydrogen (secondary N) is 1. The van der Waals surface area contributed by atoms with Crippen molar-refractivity contribution in [1.82, 2.24) is 14.9 Å². The Bertz CT molecular complexity index is 724. The van der Waals surface area contributed by atoms with Gasteiger partial charge in [0.1, 0.15) is 11.9 Å². The molecule has 128 valence electrons. The molecule has 0 fully saturated rings. The molecule has 1 aromatic carbocycles. The fraction of sp³-hybridized carbons (Fsp3) is 0.444. The number of hydrogen-bond donors (Lipinski definition) is 1. The van der Waals surface area contributed by atoms with Crippen LogP contribution in [0.1, 0.15) is 44.1 Å². The normalized spacial score (nSPS) is 14.0. The van der Waals surface area contributed by atoms with Crippen LogP contribution in [0, 0.1) is 0 Å². The maximum absolute atomic E-state index is 12.4. The Morgan fingerprint density at radius 3 is 2.88 bits per heavy atom. The van der Waals surface area contributed by atoms with Gasteiger partial charge in [-0.25, -0.2) is 4.98 Å². The molecule has 1 aromatic heterocycles. The van der Waals surface area contributed by atoms with Crippen molar-refractivity contribution in [1.29, 1.82) is 0 Å². The van der Waals surface area contributed by atoms with Gasteiger partial charge in [0.2, 0.25) is 12.7 Å². The number of fused-ring (bicyclic) bond motifs is 1. The van der Waals surface area contributed by atoms with Crippen LogP contribution in [0.15, 0.2) is 30.6 Å². The van der Waals surface area contributed by atoms with Crippen molar-refractivity contribution in [2.75, 3.05) is 13.3 Å². The summed E-state index contributed by atoms with van der Waals surface area (Å²) < 4.78 is 12.6. The van der Waals surface area contributed by atoms with Gasteiger partial charge in [-0.05, 0) is 31.0 Å². The predicted octanol–water partition coefficient (Wildman–Crippen LogP) is 2.66. The Balaban J connectivity index is 1.54. The summed E-state index contributed by atoms with van der Waals surface area (Å²) in [4.78, 5) is 16.7. The Morgan fingerprint density at radius 1 is 1.29 bits per heavy atom. The third-order valence-corrected chi connectivity index (χ3v) is 4.16. The number of hydrogen-bond acceptors (Lipinski definition) is 4. The van der Waals surface area contributed by atoms with Crippen LogP contribution in [-0.2, 0) is 11.2 Å². The Labute approximate surface area is 141 Å². The van der Waals surface area contributed by atoms with E-state index < -0.39 is 0 Å². The van der Waals surface area contributed by atoms with Crippen LogP contribution >= 0.6 is 0 Å². The van der Waals surface area contributed by atoms with E-state index in [1.807, 2.05) is 35.9 Å². The zero-order valence-electron chi connectivity index (χ0n) is 14.3. The molecule has 0 aliphatic carbocycles. The topological polar surface area (TPSA) is 65.4 Å². The molecule has 0 unspecified atom stereocenters. The molecule has 1 aliphatic rings. The van der Waals surface area contributed by atoms with Gasteiger partial charge in [0, 0.05) is 24.9 Å². The molecule has 6 nitrogen and oxygen atoms in total. The minimum absolute atomic E-state index is 0.00403. The van der Waals surface area contributed by atoms with Crippen molar-refractivity contribution in [2.24, 2.45) is 0 Å². The van der Waals surface area contributed by atoms with E-state index in [0.717, 1.165) is 29.3 Å². The molecule has 2 heterocycles. The number of carbonyl (C=O) groups excluding carboxylic acids is 1. The van der Waals surface area contributed by atoms with E-state index in [0.29, 0.717) is 6.54 Å². The van der Waals surface area contributed by atoms with E-state index in [2.05, 4.69) is 24.1 Å². The van der Waals surface area contributed by atoms with Gasteiger partial charge in [-0.15, -0.1) is 0 Å². The summed E-state index contributed by atoms with van der Waals surface area (Å²) >= 11 is 0. The standard InChI is InChI=1S/C18H23N3O3/c1-12(2)17-19-8-9-21(17)13(3)18(22)20-7-6-14-4-5-15-16(10-14)24-11-23-15/h4-5,8-10,12-13H,6-7,11H2,1-3H3,(H,20,22)/t13-/m1/s1. The van der Waals surface area contributed by atoms with E-state index in [1.165, 1.54) is 0 Å². The van der Waals surface area contributed by atoms with Crippen LogP contribution in [0.2, 0.25) is 0 Å². The molecule has 1 atom stereocenters. The minimum Gasteiger partial charge on any atom is -0.454 e. The first-order valence-electron chi connectivity index (χ1n) is 8.25. The summed E-state index contributed by atoms with van der Waals surface area (Å²) in [6.45, 7) is 6.89. The number of aromatic nitrogens is 2. The number of rotatable bonds is 6. The summed E-state index contributed by atoms with van der Waals surface area (Å²) in [5.41, 5.74) is 1.11. The van der Waals surface area contributed by atoms with Crippen LogP contribution in [0.5, 0.6) is 11.5 Å². The highest BCUT2D eigenvalue weighted by molar-refractivity contribution is 5.80. The third kappa shape index (κ3) is 3.37. The van der Waals surface area contributed by atoms with Crippen molar-refractivity contribution in [3.05, 3.63) is 42.0 Å². The first-order chi connectivity index (χ1) is 11.6. The molecule has 0 bridgehead atoms. The van der Waals surface area contributed by atoms with Crippen molar-refractivity contribution in [3.63, 3.8) is 0 Å². The molecular formula is C18H23N3O3. The molecule has 2 aromatic rings. The average molecular weight is 329 g/mol. The monoisotopic (exact) mass is 329 g/mol. The molecule has 6 heteroatoms. The number of imidazole rings is 1. The van der Waals surface area contributed by atoms with Crippen LogP contribution in [0.4, 0.5) is 0 Å². The maximum atomic E-state index is 12.4. The number of carbonyl (C=O) groups is 1. The molecule has 1 amide bonds. The van der Waals surface area contributed by atoms with Crippen LogP contribution < -0.4 is 14.8 Å². The summed E-state index contributed by atoms with van der Waals surface area (Å²) in [5, 5.41) is 2.99. The molecule has 0 spiro atoms. The number of benzene rings is 1. The number of nitrogens with zero attached hydrogens (tertiary/aromatic N) is 2. The molecule has 0 saturated carbocycles. The second-order valence-corrected chi connectivity index (χ2v) is 6.25. The van der Waals surface area contributed by atoms with Crippen molar-refractivity contribution < 1.29 is 14.3 Å². The van der Waals surface area contributed by atoms with E-state index in [1.54, 1.807) is 6.20 Å². The van der Waals surface area contributed by atoms with E-state index >= 15 is 0 Å². The van der Waals surface area contributed by atoms with Gasteiger partial charge in [0.05, 0.1) is 0 Å². The second-order valence-electron chi connectivity index (χ2n) is 6.25. The fourth-order valence-corrected chi connectivity index (χ4v) is 2.80. The fourth-order valence-electron chi connectivity index (χ4n) is 2.80. The molecule has 1 aliphatic heterocycles. The average Bonchev–Trinajstić information content (AvgIpc) is 3.22. The summed E-state index contributed by atoms with van der Waals surface area (Å²) in [7, 11) is 0. The Morgan fingerprint density at radius 2 is 2.08 bits per heavy atom. The SMILES string of the molecule is CC(C)c1nccn1[C@H](C)C(=O)NCCc1ccc2c(c1)OCO2. The zero-order chi connectivity index (χ0) is 17.1. The van der Waals surface area contributed by atoms with Gasteiger partial charge in [-0.1, -0.05) is 19.9 Å². The highest BCUT2D eigenvalue weighted by Crippen LogP contribution is 2.32. The minimum atomic E-state index is -0.276. The lowest BCUT2D eigenvalue weighted by molar-refractivity contribution is -0.123. The van der Waals surface area contributed by atoms with Crippen LogP contribution in [0.25, 0.3) is 0 Å². The van der Waals surface area contributed by atoms with Crippen LogP contribution in [-0.4, -0.2) is 28.8 Å². The van der Waals surface area contributed by atoms with Crippen molar-refractivity contribution in [3.8, 4) is 11.5 Å². The van der Waals surface area contributed by atoms with Crippen molar-refractivity contribution in [2.45, 2.75) is 39.2 Å².